The number of benzene rings is 2. The molecule has 1 unspecified atom stereocenters. The van der Waals surface area contributed by atoms with Gasteiger partial charge in [0.05, 0.1) is 5.57 Å². The number of fused-ring (bicyclic) bond motifs is 1. The van der Waals surface area contributed by atoms with Crippen LogP contribution in [0.25, 0.3) is 10.8 Å². The number of carboxylic acid groups (broad SMARTS) is 1. The SMILES string of the molecule is O=C(CCc1ccc2cc(O)ccc2c1)NC1=C(C(=O)O)CC(c2cccnc2)CC1. The van der Waals surface area contributed by atoms with Crippen LogP contribution in [-0.4, -0.2) is 27.1 Å². The summed E-state index contributed by atoms with van der Waals surface area (Å²) in [5.41, 5.74) is 2.84. The van der Waals surface area contributed by atoms with Gasteiger partial charge in [-0.05, 0) is 71.7 Å². The average Bonchev–Trinajstić information content (AvgIpc) is 2.78. The van der Waals surface area contributed by atoms with Crippen molar-refractivity contribution in [3.63, 3.8) is 0 Å². The Hall–Kier alpha value is -3.67. The minimum Gasteiger partial charge on any atom is -0.508 e. The molecule has 1 aliphatic carbocycles. The molecule has 0 spiro atoms. The van der Waals surface area contributed by atoms with Crippen molar-refractivity contribution in [1.82, 2.24) is 10.3 Å². The second kappa shape index (κ2) is 9.00. The third-order valence-corrected chi connectivity index (χ3v) is 5.79. The Morgan fingerprint density at radius 1 is 1.10 bits per heavy atom. The number of aromatic hydroxyl groups is 1. The highest BCUT2D eigenvalue weighted by Crippen LogP contribution is 2.35. The van der Waals surface area contributed by atoms with Crippen molar-refractivity contribution in [2.75, 3.05) is 0 Å². The molecule has 1 heterocycles. The Bertz CT molecular complexity index is 1150. The molecule has 1 aliphatic rings. The summed E-state index contributed by atoms with van der Waals surface area (Å²) < 4.78 is 0. The van der Waals surface area contributed by atoms with Gasteiger partial charge in [0.1, 0.15) is 5.75 Å². The highest BCUT2D eigenvalue weighted by molar-refractivity contribution is 5.90. The van der Waals surface area contributed by atoms with Gasteiger partial charge in [0, 0.05) is 24.5 Å². The first-order valence-electron chi connectivity index (χ1n) is 10.4. The fourth-order valence-corrected chi connectivity index (χ4v) is 4.12. The molecular weight excluding hydrogens is 392 g/mol. The Labute approximate surface area is 180 Å². The average molecular weight is 416 g/mol. The fraction of sp³-hybridized carbons (Fsp3) is 0.240. The van der Waals surface area contributed by atoms with Gasteiger partial charge in [-0.25, -0.2) is 4.79 Å². The molecule has 0 saturated heterocycles. The summed E-state index contributed by atoms with van der Waals surface area (Å²) in [4.78, 5) is 28.5. The molecule has 0 aliphatic heterocycles. The van der Waals surface area contributed by atoms with Gasteiger partial charge in [0.2, 0.25) is 5.91 Å². The number of allylic oxidation sites excluding steroid dienone is 1. The molecular formula is C25H24N2O4. The van der Waals surface area contributed by atoms with Crippen LogP contribution in [0.2, 0.25) is 0 Å². The number of phenols is 1. The highest BCUT2D eigenvalue weighted by atomic mass is 16.4. The van der Waals surface area contributed by atoms with Crippen LogP contribution in [0.1, 0.15) is 42.7 Å². The smallest absolute Gasteiger partial charge is 0.333 e. The van der Waals surface area contributed by atoms with Crippen LogP contribution in [-0.2, 0) is 16.0 Å². The molecule has 3 N–H and O–H groups in total. The number of amides is 1. The molecule has 4 rings (SSSR count). The van der Waals surface area contributed by atoms with E-state index in [0.717, 1.165) is 28.3 Å². The quantitative estimate of drug-likeness (QED) is 0.556. The second-order valence-corrected chi connectivity index (χ2v) is 7.90. The second-order valence-electron chi connectivity index (χ2n) is 7.90. The first-order chi connectivity index (χ1) is 15.0. The maximum absolute atomic E-state index is 12.5. The van der Waals surface area contributed by atoms with Gasteiger partial charge >= 0.3 is 5.97 Å². The topological polar surface area (TPSA) is 99.5 Å². The number of aromatic nitrogens is 1. The number of aryl methyl sites for hydroxylation is 1. The Balaban J connectivity index is 1.41. The van der Waals surface area contributed by atoms with Crippen molar-refractivity contribution in [1.29, 1.82) is 0 Å². The van der Waals surface area contributed by atoms with Gasteiger partial charge in [-0.2, -0.15) is 0 Å². The number of phenolic OH excluding ortho intramolecular Hbond substituents is 1. The number of carboxylic acids is 1. The van der Waals surface area contributed by atoms with E-state index < -0.39 is 5.97 Å². The number of pyridine rings is 1. The lowest BCUT2D eigenvalue weighted by Gasteiger charge is -2.26. The van der Waals surface area contributed by atoms with Crippen molar-refractivity contribution in [3.8, 4) is 5.75 Å². The summed E-state index contributed by atoms with van der Waals surface area (Å²) in [7, 11) is 0. The zero-order valence-electron chi connectivity index (χ0n) is 17.0. The minimum absolute atomic E-state index is 0.0949. The van der Waals surface area contributed by atoms with Gasteiger partial charge in [-0.3, -0.25) is 9.78 Å². The lowest BCUT2D eigenvalue weighted by molar-refractivity contribution is -0.133. The maximum Gasteiger partial charge on any atom is 0.333 e. The normalized spacial score (nSPS) is 16.3. The number of hydrogen-bond donors (Lipinski definition) is 3. The van der Waals surface area contributed by atoms with Crippen LogP contribution in [0.3, 0.4) is 0 Å². The molecule has 6 nitrogen and oxygen atoms in total. The molecule has 1 atom stereocenters. The van der Waals surface area contributed by atoms with Crippen molar-refractivity contribution in [2.45, 2.75) is 38.0 Å². The van der Waals surface area contributed by atoms with Crippen LogP contribution in [0.5, 0.6) is 5.75 Å². The van der Waals surface area contributed by atoms with E-state index in [9.17, 15) is 19.8 Å². The van der Waals surface area contributed by atoms with E-state index in [1.807, 2.05) is 36.4 Å². The number of carbonyl (C=O) groups is 2. The minimum atomic E-state index is -0.985. The standard InChI is InChI=1S/C25H24N2O4/c28-21-8-6-17-12-16(3-5-18(17)13-21)4-10-24(29)27-23-9-7-19(14-22(23)25(30)31)20-2-1-11-26-15-20/h1-3,5-6,8,11-13,15,19,28H,4,7,9-10,14H2,(H,27,29)(H,30,31). The van der Waals surface area contributed by atoms with Crippen molar-refractivity contribution in [3.05, 3.63) is 83.3 Å². The third kappa shape index (κ3) is 4.91. The fourth-order valence-electron chi connectivity index (χ4n) is 4.12. The van der Waals surface area contributed by atoms with Gasteiger partial charge < -0.3 is 15.5 Å². The van der Waals surface area contributed by atoms with E-state index in [0.29, 0.717) is 25.0 Å². The van der Waals surface area contributed by atoms with Crippen molar-refractivity contribution < 1.29 is 19.8 Å². The molecule has 3 aromatic rings. The third-order valence-electron chi connectivity index (χ3n) is 5.79. The van der Waals surface area contributed by atoms with Crippen molar-refractivity contribution in [2.24, 2.45) is 0 Å². The molecule has 0 fully saturated rings. The van der Waals surface area contributed by atoms with Crippen LogP contribution >= 0.6 is 0 Å². The van der Waals surface area contributed by atoms with Gasteiger partial charge in [0.25, 0.3) is 0 Å². The van der Waals surface area contributed by atoms with Crippen LogP contribution in [0, 0.1) is 0 Å². The predicted octanol–water partition coefficient (Wildman–Crippen LogP) is 4.30. The molecule has 158 valence electrons. The molecule has 6 heteroatoms. The Kier molecular flexibility index (Phi) is 5.98. The van der Waals surface area contributed by atoms with Gasteiger partial charge in [-0.15, -0.1) is 0 Å². The number of aliphatic carboxylic acids is 1. The molecule has 1 amide bonds. The van der Waals surface area contributed by atoms with Crippen LogP contribution in [0.4, 0.5) is 0 Å². The van der Waals surface area contributed by atoms with E-state index >= 15 is 0 Å². The highest BCUT2D eigenvalue weighted by Gasteiger charge is 2.27. The zero-order chi connectivity index (χ0) is 21.8. The lowest BCUT2D eigenvalue weighted by atomic mass is 9.82. The van der Waals surface area contributed by atoms with Crippen molar-refractivity contribution >= 4 is 22.6 Å². The first kappa shape index (κ1) is 20.6. The summed E-state index contributed by atoms with van der Waals surface area (Å²) in [5.74, 6) is -0.848. The van der Waals surface area contributed by atoms with Gasteiger partial charge in [0.15, 0.2) is 0 Å². The van der Waals surface area contributed by atoms with E-state index in [2.05, 4.69) is 10.3 Å². The van der Waals surface area contributed by atoms with Crippen LogP contribution in [0.15, 0.2) is 72.2 Å². The number of rotatable bonds is 6. The predicted molar refractivity (Wildman–Crippen MR) is 118 cm³/mol. The lowest BCUT2D eigenvalue weighted by Crippen LogP contribution is -2.29. The van der Waals surface area contributed by atoms with Gasteiger partial charge in [-0.1, -0.05) is 30.3 Å². The van der Waals surface area contributed by atoms with Crippen LogP contribution < -0.4 is 5.32 Å². The largest absolute Gasteiger partial charge is 0.508 e. The monoisotopic (exact) mass is 416 g/mol. The Morgan fingerprint density at radius 2 is 1.90 bits per heavy atom. The van der Waals surface area contributed by atoms with E-state index in [1.165, 1.54) is 0 Å². The summed E-state index contributed by atoms with van der Waals surface area (Å²) in [6, 6.07) is 14.9. The summed E-state index contributed by atoms with van der Waals surface area (Å²) in [6.07, 6.45) is 5.98. The number of nitrogens with one attached hydrogen (secondary N) is 1. The number of nitrogens with zero attached hydrogens (tertiary/aromatic N) is 1. The molecule has 0 bridgehead atoms. The van der Waals surface area contributed by atoms with E-state index in [1.54, 1.807) is 24.5 Å². The summed E-state index contributed by atoms with van der Waals surface area (Å²) >= 11 is 0. The first-order valence-corrected chi connectivity index (χ1v) is 10.4. The molecule has 31 heavy (non-hydrogen) atoms. The number of carbonyl (C=O) groups excluding carboxylic acids is 1. The van der Waals surface area contributed by atoms with E-state index in [4.69, 9.17) is 0 Å². The number of hydrogen-bond acceptors (Lipinski definition) is 4. The summed E-state index contributed by atoms with van der Waals surface area (Å²) in [5, 5.41) is 24.0. The molecule has 1 aromatic heterocycles. The molecule has 2 aromatic carbocycles. The zero-order valence-corrected chi connectivity index (χ0v) is 17.0. The van der Waals surface area contributed by atoms with E-state index in [-0.39, 0.29) is 29.6 Å². The summed E-state index contributed by atoms with van der Waals surface area (Å²) in [6.45, 7) is 0. The Morgan fingerprint density at radius 3 is 2.68 bits per heavy atom. The maximum atomic E-state index is 12.5. The molecule has 0 radical (unpaired) electrons. The molecule has 0 saturated carbocycles.